The highest BCUT2D eigenvalue weighted by atomic mass is 79.9. The van der Waals surface area contributed by atoms with Gasteiger partial charge in [-0.15, -0.1) is 0 Å². The number of halogens is 1. The number of methoxy groups -OCH3 is 2. The Kier molecular flexibility index (Phi) is 3.91. The van der Waals surface area contributed by atoms with Gasteiger partial charge in [-0.25, -0.2) is 0 Å². The molecule has 7 heteroatoms. The van der Waals surface area contributed by atoms with Crippen molar-refractivity contribution in [3.8, 4) is 11.5 Å². The maximum atomic E-state index is 12.6. The zero-order valence-electron chi connectivity index (χ0n) is 13.8. The molecule has 0 spiro atoms. The Morgan fingerprint density at radius 3 is 2.32 bits per heavy atom. The number of hydrogen-bond donors (Lipinski definition) is 0. The van der Waals surface area contributed by atoms with Crippen molar-refractivity contribution < 1.29 is 19.1 Å². The lowest BCUT2D eigenvalue weighted by molar-refractivity contribution is -0.140. The van der Waals surface area contributed by atoms with E-state index in [1.807, 2.05) is 0 Å². The number of ether oxygens (including phenoxy) is 2. The number of imide groups is 1. The van der Waals surface area contributed by atoms with Crippen molar-refractivity contribution in [1.82, 2.24) is 5.01 Å². The van der Waals surface area contributed by atoms with Crippen molar-refractivity contribution in [2.24, 2.45) is 28.8 Å². The number of nitrogens with zero attached hydrogens (tertiary/aromatic N) is 2. The molecule has 3 aliphatic rings. The molecular formula is C18H17BrN2O4. The molecule has 1 aromatic carbocycles. The number of hydrogen-bond acceptors (Lipinski definition) is 5. The topological polar surface area (TPSA) is 68.2 Å². The van der Waals surface area contributed by atoms with Gasteiger partial charge in [0, 0.05) is 0 Å². The molecule has 0 aromatic heterocycles. The van der Waals surface area contributed by atoms with Gasteiger partial charge in [0.1, 0.15) is 0 Å². The van der Waals surface area contributed by atoms with Gasteiger partial charge in [0.05, 0.1) is 36.7 Å². The Balaban J connectivity index is 1.60. The average Bonchev–Trinajstić information content (AvgIpc) is 3.27. The lowest BCUT2D eigenvalue weighted by Crippen LogP contribution is -2.28. The van der Waals surface area contributed by atoms with Crippen molar-refractivity contribution in [2.75, 3.05) is 14.2 Å². The van der Waals surface area contributed by atoms with Crippen molar-refractivity contribution in [3.63, 3.8) is 0 Å². The molecule has 1 saturated carbocycles. The molecule has 25 heavy (non-hydrogen) atoms. The summed E-state index contributed by atoms with van der Waals surface area (Å²) in [5, 5.41) is 5.20. The molecule has 2 fully saturated rings. The highest BCUT2D eigenvalue weighted by Gasteiger charge is 2.59. The van der Waals surface area contributed by atoms with Crippen LogP contribution in [0.2, 0.25) is 0 Å². The van der Waals surface area contributed by atoms with E-state index >= 15 is 0 Å². The molecular weight excluding hydrogens is 388 g/mol. The van der Waals surface area contributed by atoms with E-state index < -0.39 is 0 Å². The van der Waals surface area contributed by atoms with E-state index in [4.69, 9.17) is 9.47 Å². The van der Waals surface area contributed by atoms with Gasteiger partial charge in [-0.3, -0.25) is 9.59 Å². The normalized spacial score (nSPS) is 29.8. The summed E-state index contributed by atoms with van der Waals surface area (Å²) in [6.45, 7) is 0. The molecule has 1 saturated heterocycles. The summed E-state index contributed by atoms with van der Waals surface area (Å²) >= 11 is 3.42. The fourth-order valence-corrected chi connectivity index (χ4v) is 4.76. The Hall–Kier alpha value is -2.15. The highest BCUT2D eigenvalue weighted by molar-refractivity contribution is 9.10. The first kappa shape index (κ1) is 16.3. The van der Waals surface area contributed by atoms with Crippen LogP contribution < -0.4 is 9.47 Å². The number of rotatable bonds is 4. The van der Waals surface area contributed by atoms with Gasteiger partial charge in [0.15, 0.2) is 11.5 Å². The summed E-state index contributed by atoms with van der Waals surface area (Å²) in [5.41, 5.74) is 0.697. The van der Waals surface area contributed by atoms with E-state index in [0.29, 0.717) is 21.5 Å². The molecule has 0 radical (unpaired) electrons. The van der Waals surface area contributed by atoms with Crippen LogP contribution in [0, 0.1) is 23.7 Å². The molecule has 4 atom stereocenters. The SMILES string of the molecule is COc1cc(/C=N/N2C(=O)C3C4C=CC(C4)C3C2=O)cc(Br)c1OC. The van der Waals surface area contributed by atoms with Crippen molar-refractivity contribution in [2.45, 2.75) is 6.42 Å². The van der Waals surface area contributed by atoms with Gasteiger partial charge < -0.3 is 9.47 Å². The average molecular weight is 405 g/mol. The second-order valence-corrected chi connectivity index (χ2v) is 7.33. The molecule has 0 N–H and O–H groups in total. The van der Waals surface area contributed by atoms with Crippen LogP contribution in [0.15, 0.2) is 33.9 Å². The summed E-state index contributed by atoms with van der Waals surface area (Å²) in [4.78, 5) is 25.2. The highest BCUT2D eigenvalue weighted by Crippen LogP contribution is 2.52. The maximum Gasteiger partial charge on any atom is 0.254 e. The van der Waals surface area contributed by atoms with E-state index in [-0.39, 0.29) is 35.5 Å². The largest absolute Gasteiger partial charge is 0.493 e. The van der Waals surface area contributed by atoms with Crippen molar-refractivity contribution in [1.29, 1.82) is 0 Å². The third-order valence-electron chi connectivity index (χ3n) is 5.23. The molecule has 1 aromatic rings. The molecule has 4 unspecified atom stereocenters. The van der Waals surface area contributed by atoms with Gasteiger partial charge in [0.25, 0.3) is 11.8 Å². The molecule has 130 valence electrons. The fourth-order valence-electron chi connectivity index (χ4n) is 4.14. The Morgan fingerprint density at radius 1 is 1.12 bits per heavy atom. The number of hydrazone groups is 1. The van der Waals surface area contributed by atoms with Crippen LogP contribution in [-0.2, 0) is 9.59 Å². The van der Waals surface area contributed by atoms with E-state index in [1.54, 1.807) is 26.4 Å². The summed E-state index contributed by atoms with van der Waals surface area (Å²) in [6.07, 6.45) is 6.54. The summed E-state index contributed by atoms with van der Waals surface area (Å²) in [6, 6.07) is 3.53. The summed E-state index contributed by atoms with van der Waals surface area (Å²) in [5.74, 6) is 0.615. The van der Waals surface area contributed by atoms with Crippen LogP contribution in [0.4, 0.5) is 0 Å². The predicted molar refractivity (Wildman–Crippen MR) is 94.4 cm³/mol. The number of carbonyl (C=O) groups excluding carboxylic acids is 2. The van der Waals surface area contributed by atoms with Gasteiger partial charge in [-0.05, 0) is 51.9 Å². The third-order valence-corrected chi connectivity index (χ3v) is 5.81. The summed E-state index contributed by atoms with van der Waals surface area (Å²) in [7, 11) is 3.10. The van der Waals surface area contributed by atoms with Crippen LogP contribution in [0.1, 0.15) is 12.0 Å². The van der Waals surface area contributed by atoms with Crippen LogP contribution in [0.25, 0.3) is 0 Å². The van der Waals surface area contributed by atoms with Gasteiger partial charge in [-0.2, -0.15) is 10.1 Å². The van der Waals surface area contributed by atoms with Crippen LogP contribution in [0.3, 0.4) is 0 Å². The number of fused-ring (bicyclic) bond motifs is 5. The molecule has 6 nitrogen and oxygen atoms in total. The van der Waals surface area contributed by atoms with Crippen LogP contribution >= 0.6 is 15.9 Å². The Bertz CT molecular complexity index is 790. The first-order chi connectivity index (χ1) is 12.0. The van der Waals surface area contributed by atoms with E-state index in [9.17, 15) is 9.59 Å². The molecule has 1 aliphatic heterocycles. The molecule has 4 rings (SSSR count). The molecule has 2 aliphatic carbocycles. The second kappa shape index (κ2) is 5.98. The standard InChI is InChI=1S/C18H17BrN2O4/c1-24-13-6-9(5-12(19)16(13)25-2)8-20-21-17(22)14-10-3-4-11(7-10)15(14)18(21)23/h3-6,8,10-11,14-15H,7H2,1-2H3/b20-8+. The monoisotopic (exact) mass is 404 g/mol. The maximum absolute atomic E-state index is 12.6. The fraction of sp³-hybridized carbons (Fsp3) is 0.389. The molecule has 2 bridgehead atoms. The van der Waals surface area contributed by atoms with E-state index in [1.165, 1.54) is 6.21 Å². The quantitative estimate of drug-likeness (QED) is 0.439. The number of amides is 2. The van der Waals surface area contributed by atoms with E-state index in [2.05, 4.69) is 33.2 Å². The number of carbonyl (C=O) groups is 2. The minimum Gasteiger partial charge on any atom is -0.493 e. The van der Waals surface area contributed by atoms with Gasteiger partial charge in [-0.1, -0.05) is 12.2 Å². The molecule has 2 amide bonds. The first-order valence-corrected chi connectivity index (χ1v) is 8.86. The summed E-state index contributed by atoms with van der Waals surface area (Å²) < 4.78 is 11.3. The zero-order chi connectivity index (χ0) is 17.7. The van der Waals surface area contributed by atoms with Crippen molar-refractivity contribution >= 4 is 34.0 Å². The third kappa shape index (κ3) is 2.40. The zero-order valence-corrected chi connectivity index (χ0v) is 15.4. The minimum atomic E-state index is -0.239. The first-order valence-electron chi connectivity index (χ1n) is 8.06. The Labute approximate surface area is 153 Å². The Morgan fingerprint density at radius 2 is 1.76 bits per heavy atom. The van der Waals surface area contributed by atoms with Crippen molar-refractivity contribution in [3.05, 3.63) is 34.3 Å². The number of allylic oxidation sites excluding steroid dienone is 2. The predicted octanol–water partition coefficient (Wildman–Crippen LogP) is 2.61. The van der Waals surface area contributed by atoms with E-state index in [0.717, 1.165) is 11.4 Å². The van der Waals surface area contributed by atoms with Gasteiger partial charge >= 0.3 is 0 Å². The minimum absolute atomic E-state index is 0.182. The lowest BCUT2D eigenvalue weighted by Gasteiger charge is -2.13. The second-order valence-electron chi connectivity index (χ2n) is 6.47. The van der Waals surface area contributed by atoms with Crippen LogP contribution in [-0.4, -0.2) is 37.3 Å². The van der Waals surface area contributed by atoms with Crippen LogP contribution in [0.5, 0.6) is 11.5 Å². The van der Waals surface area contributed by atoms with Gasteiger partial charge in [0.2, 0.25) is 0 Å². The smallest absolute Gasteiger partial charge is 0.254 e. The molecule has 1 heterocycles. The number of benzene rings is 1. The lowest BCUT2D eigenvalue weighted by atomic mass is 9.85.